The van der Waals surface area contributed by atoms with E-state index in [0.29, 0.717) is 25.9 Å². The summed E-state index contributed by atoms with van der Waals surface area (Å²) in [4.78, 5) is 38.4. The fraction of sp³-hybridized carbons (Fsp3) is 0.925. The second-order valence-electron chi connectivity index (χ2n) is 14.0. The van der Waals surface area contributed by atoms with Gasteiger partial charge in [-0.2, -0.15) is 0 Å². The van der Waals surface area contributed by atoms with E-state index < -0.39 is 6.04 Å². The van der Waals surface area contributed by atoms with Gasteiger partial charge in [-0.15, -0.1) is 0 Å². The van der Waals surface area contributed by atoms with Crippen LogP contribution in [0.2, 0.25) is 0 Å². The first-order chi connectivity index (χ1) is 23.0. The lowest BCUT2D eigenvalue weighted by atomic mass is 10.1. The molecule has 0 aliphatic heterocycles. The summed E-state index contributed by atoms with van der Waals surface area (Å²) in [6.45, 7) is 6.59. The Labute approximate surface area is 291 Å². The largest absolute Gasteiger partial charge is 0.356 e. The maximum absolute atomic E-state index is 13.1. The van der Waals surface area contributed by atoms with Crippen molar-refractivity contribution in [3.05, 3.63) is 0 Å². The highest BCUT2D eigenvalue weighted by atomic mass is 16.2. The van der Waals surface area contributed by atoms with Crippen LogP contribution < -0.4 is 21.7 Å². The van der Waals surface area contributed by atoms with Gasteiger partial charge in [-0.1, -0.05) is 168 Å². The number of nitrogens with one attached hydrogen (secondary N) is 3. The smallest absolute Gasteiger partial charge is 0.242 e. The van der Waals surface area contributed by atoms with Crippen LogP contribution in [0.5, 0.6) is 0 Å². The van der Waals surface area contributed by atoms with Crippen molar-refractivity contribution in [2.45, 2.75) is 219 Å². The highest BCUT2D eigenvalue weighted by Crippen LogP contribution is 2.12. The van der Waals surface area contributed by atoms with E-state index in [4.69, 9.17) is 5.73 Å². The molecule has 47 heavy (non-hydrogen) atoms. The van der Waals surface area contributed by atoms with Crippen LogP contribution in [0.15, 0.2) is 0 Å². The topological polar surface area (TPSA) is 113 Å². The molecular weight excluding hydrogens is 584 g/mol. The van der Waals surface area contributed by atoms with Gasteiger partial charge in [0.05, 0.1) is 0 Å². The van der Waals surface area contributed by atoms with Crippen molar-refractivity contribution in [2.75, 3.05) is 19.6 Å². The van der Waals surface area contributed by atoms with Crippen LogP contribution in [0.3, 0.4) is 0 Å². The van der Waals surface area contributed by atoms with Gasteiger partial charge in [-0.05, 0) is 38.6 Å². The fourth-order valence-corrected chi connectivity index (χ4v) is 6.18. The minimum absolute atomic E-state index is 0.0332. The summed E-state index contributed by atoms with van der Waals surface area (Å²) in [5.41, 5.74) is 5.56. The number of unbranched alkanes of at least 4 members (excludes halogenated alkanes) is 25. The van der Waals surface area contributed by atoms with E-state index in [9.17, 15) is 14.4 Å². The van der Waals surface area contributed by atoms with E-state index in [2.05, 4.69) is 29.8 Å². The molecule has 0 spiro atoms. The molecule has 0 saturated heterocycles. The number of hydrogen-bond donors (Lipinski definition) is 4. The number of amides is 3. The van der Waals surface area contributed by atoms with E-state index in [-0.39, 0.29) is 24.1 Å². The maximum Gasteiger partial charge on any atom is 0.242 e. The summed E-state index contributed by atoms with van der Waals surface area (Å²) in [7, 11) is 0. The van der Waals surface area contributed by atoms with Crippen LogP contribution in [0.4, 0.5) is 0 Å². The van der Waals surface area contributed by atoms with Crippen LogP contribution in [-0.2, 0) is 14.4 Å². The van der Waals surface area contributed by atoms with Gasteiger partial charge in [-0.25, -0.2) is 0 Å². The average Bonchev–Trinajstić information content (AvgIpc) is 3.07. The molecule has 0 aliphatic rings. The summed E-state index contributed by atoms with van der Waals surface area (Å²) >= 11 is 0. The third-order valence-corrected chi connectivity index (χ3v) is 9.35. The quantitative estimate of drug-likeness (QED) is 0.0495. The zero-order chi connectivity index (χ0) is 34.5. The molecule has 0 heterocycles. The Bertz CT molecular complexity index is 703. The molecule has 0 bridgehead atoms. The fourth-order valence-electron chi connectivity index (χ4n) is 6.18. The van der Waals surface area contributed by atoms with Crippen molar-refractivity contribution in [1.82, 2.24) is 16.0 Å². The van der Waals surface area contributed by atoms with Gasteiger partial charge in [0.25, 0.3) is 0 Å². The minimum Gasteiger partial charge on any atom is -0.356 e. The molecule has 278 valence electrons. The van der Waals surface area contributed by atoms with Gasteiger partial charge in [-0.3, -0.25) is 14.4 Å². The van der Waals surface area contributed by atoms with E-state index in [1.165, 1.54) is 128 Å². The van der Waals surface area contributed by atoms with Crippen LogP contribution >= 0.6 is 0 Å². The summed E-state index contributed by atoms with van der Waals surface area (Å²) in [5, 5.41) is 9.02. The van der Waals surface area contributed by atoms with Crippen LogP contribution in [0, 0.1) is 0 Å². The molecule has 1 atom stereocenters. The van der Waals surface area contributed by atoms with Crippen LogP contribution in [0.1, 0.15) is 213 Å². The highest BCUT2D eigenvalue weighted by Gasteiger charge is 2.21. The van der Waals surface area contributed by atoms with Gasteiger partial charge in [0, 0.05) is 25.9 Å². The summed E-state index contributed by atoms with van der Waals surface area (Å²) < 4.78 is 0. The first-order valence-electron chi connectivity index (χ1n) is 20.6. The molecule has 0 aliphatic carbocycles. The Balaban J connectivity index is 4.35. The van der Waals surface area contributed by atoms with Gasteiger partial charge >= 0.3 is 0 Å². The molecule has 7 heteroatoms. The summed E-state index contributed by atoms with van der Waals surface area (Å²) in [6, 6.07) is -0.656. The average molecular weight is 665 g/mol. The van der Waals surface area contributed by atoms with E-state index in [1.54, 1.807) is 0 Å². The molecule has 3 amide bonds. The molecule has 0 fully saturated rings. The molecule has 0 aromatic carbocycles. The number of carbonyl (C=O) groups is 3. The lowest BCUT2D eigenvalue weighted by Crippen LogP contribution is -2.47. The molecule has 0 rings (SSSR count). The standard InChI is InChI=1S/C40H80N4O3/c1-3-5-7-9-11-13-17-21-25-29-35-42-38(45)33-32-37(44-39(46)31-27-23-19-15-16-20-24-28-34-41)40(47)43-36-30-26-22-18-14-12-10-8-6-4-2/h37H,3-36,41H2,1-2H3,(H,42,45)(H,43,47)(H,44,46). The van der Waals surface area contributed by atoms with E-state index >= 15 is 0 Å². The molecule has 5 N–H and O–H groups in total. The first kappa shape index (κ1) is 45.4. The molecule has 0 aromatic rings. The predicted molar refractivity (Wildman–Crippen MR) is 201 cm³/mol. The van der Waals surface area contributed by atoms with Gasteiger partial charge in [0.2, 0.25) is 17.7 Å². The van der Waals surface area contributed by atoms with Gasteiger partial charge < -0.3 is 21.7 Å². The lowest BCUT2D eigenvalue weighted by Gasteiger charge is -2.18. The Kier molecular flexibility index (Phi) is 35.9. The third kappa shape index (κ3) is 34.0. The summed E-state index contributed by atoms with van der Waals surface area (Å²) in [5.74, 6) is -0.277. The van der Waals surface area contributed by atoms with Crippen molar-refractivity contribution in [2.24, 2.45) is 5.73 Å². The van der Waals surface area contributed by atoms with Gasteiger partial charge in [0.1, 0.15) is 6.04 Å². The Hall–Kier alpha value is -1.63. The normalized spacial score (nSPS) is 11.8. The first-order valence-corrected chi connectivity index (χ1v) is 20.6. The number of carbonyl (C=O) groups excluding carboxylic acids is 3. The third-order valence-electron chi connectivity index (χ3n) is 9.35. The molecule has 0 saturated carbocycles. The molecule has 0 radical (unpaired) electrons. The zero-order valence-corrected chi connectivity index (χ0v) is 31.4. The summed E-state index contributed by atoms with van der Waals surface area (Å²) in [6.07, 6.45) is 35.2. The number of hydrogen-bond acceptors (Lipinski definition) is 4. The van der Waals surface area contributed by atoms with Crippen LogP contribution in [-0.4, -0.2) is 43.4 Å². The number of nitrogens with two attached hydrogens (primary N) is 1. The van der Waals surface area contributed by atoms with Crippen molar-refractivity contribution in [3.63, 3.8) is 0 Å². The van der Waals surface area contributed by atoms with Crippen molar-refractivity contribution >= 4 is 17.7 Å². The van der Waals surface area contributed by atoms with Gasteiger partial charge in [0.15, 0.2) is 0 Å². The Morgan fingerprint density at radius 2 is 0.830 bits per heavy atom. The van der Waals surface area contributed by atoms with Crippen molar-refractivity contribution in [1.29, 1.82) is 0 Å². The maximum atomic E-state index is 13.1. The zero-order valence-electron chi connectivity index (χ0n) is 31.4. The van der Waals surface area contributed by atoms with Crippen molar-refractivity contribution in [3.8, 4) is 0 Å². The van der Waals surface area contributed by atoms with Crippen molar-refractivity contribution < 1.29 is 14.4 Å². The molecule has 7 nitrogen and oxygen atoms in total. The monoisotopic (exact) mass is 665 g/mol. The second kappa shape index (κ2) is 37.2. The Morgan fingerprint density at radius 1 is 0.447 bits per heavy atom. The minimum atomic E-state index is -0.656. The predicted octanol–water partition coefficient (Wildman–Crippen LogP) is 9.80. The number of rotatable bonds is 37. The molecular formula is C40H80N4O3. The van der Waals surface area contributed by atoms with E-state index in [1.807, 2.05) is 0 Å². The SMILES string of the molecule is CCCCCCCCCCCCNC(=O)CCC(NC(=O)CCCCCCCCCCN)C(=O)NCCCCCCCCCCCC. The van der Waals surface area contributed by atoms with E-state index in [0.717, 1.165) is 57.9 Å². The lowest BCUT2D eigenvalue weighted by molar-refractivity contribution is -0.129. The Morgan fingerprint density at radius 3 is 1.28 bits per heavy atom. The molecule has 1 unspecified atom stereocenters. The van der Waals surface area contributed by atoms with Crippen LogP contribution in [0.25, 0.3) is 0 Å². The highest BCUT2D eigenvalue weighted by molar-refractivity contribution is 5.88. The second-order valence-corrected chi connectivity index (χ2v) is 14.0. The molecule has 0 aromatic heterocycles.